The number of hydrogen-bond acceptors (Lipinski definition) is 4. The van der Waals surface area contributed by atoms with Gasteiger partial charge in [-0.15, -0.1) is 0 Å². The molecule has 9 heteroatoms. The molecule has 1 saturated heterocycles. The van der Waals surface area contributed by atoms with Crippen LogP contribution in [0.1, 0.15) is 33.6 Å². The maximum absolute atomic E-state index is 13.9. The molecule has 2 aromatic carbocycles. The molecule has 1 fully saturated rings. The van der Waals surface area contributed by atoms with Crippen LogP contribution in [0.15, 0.2) is 42.5 Å². The van der Waals surface area contributed by atoms with E-state index in [-0.39, 0.29) is 17.4 Å². The van der Waals surface area contributed by atoms with Gasteiger partial charge in [-0.05, 0) is 48.9 Å². The topological polar surface area (TPSA) is 79.0 Å². The van der Waals surface area contributed by atoms with Crippen molar-refractivity contribution in [1.29, 1.82) is 0 Å². The maximum Gasteiger partial charge on any atom is 0.257 e. The third-order valence-electron chi connectivity index (χ3n) is 5.28. The van der Waals surface area contributed by atoms with Crippen LogP contribution in [0.3, 0.4) is 0 Å². The fourth-order valence-corrected chi connectivity index (χ4v) is 3.61. The summed E-state index contributed by atoms with van der Waals surface area (Å²) in [6.07, 6.45) is 0.799. The minimum absolute atomic E-state index is 0.0373. The quantitative estimate of drug-likeness (QED) is 0.643. The molecule has 170 valence electrons. The zero-order chi connectivity index (χ0) is 23.1. The molecule has 0 aromatic heterocycles. The molecular weight excluding hydrogens is 437 g/mol. The zero-order valence-electron chi connectivity index (χ0n) is 17.8. The van der Waals surface area contributed by atoms with Gasteiger partial charge in [0.2, 0.25) is 5.91 Å². The van der Waals surface area contributed by atoms with Crippen molar-refractivity contribution in [2.75, 3.05) is 39.8 Å². The van der Waals surface area contributed by atoms with Crippen LogP contribution >= 0.6 is 11.6 Å². The maximum atomic E-state index is 13.9. The number of rotatable bonds is 7. The third-order valence-corrected chi connectivity index (χ3v) is 5.52. The number of piperazine rings is 1. The van der Waals surface area contributed by atoms with Crippen LogP contribution in [-0.4, -0.2) is 67.4 Å². The van der Waals surface area contributed by atoms with E-state index in [2.05, 4.69) is 5.32 Å². The van der Waals surface area contributed by atoms with Gasteiger partial charge in [0.25, 0.3) is 11.8 Å². The third kappa shape index (κ3) is 5.97. The molecule has 0 unspecified atom stereocenters. The van der Waals surface area contributed by atoms with E-state index >= 15 is 0 Å². The minimum Gasteiger partial charge on any atom is -0.497 e. The highest BCUT2D eigenvalue weighted by atomic mass is 35.5. The molecular formula is C23H25ClFN3O4. The second-order valence-corrected chi connectivity index (χ2v) is 7.82. The summed E-state index contributed by atoms with van der Waals surface area (Å²) in [5, 5.41) is 3.09. The molecule has 1 heterocycles. The molecule has 1 aliphatic heterocycles. The number of hydrogen-bond donors (Lipinski definition) is 1. The van der Waals surface area contributed by atoms with Crippen LogP contribution in [0, 0.1) is 5.82 Å². The van der Waals surface area contributed by atoms with Crippen molar-refractivity contribution in [3.63, 3.8) is 0 Å². The lowest BCUT2D eigenvalue weighted by molar-refractivity contribution is -0.132. The van der Waals surface area contributed by atoms with Gasteiger partial charge < -0.3 is 19.9 Å². The monoisotopic (exact) mass is 461 g/mol. The summed E-state index contributed by atoms with van der Waals surface area (Å²) in [5.74, 6) is -0.621. The molecule has 0 radical (unpaired) electrons. The summed E-state index contributed by atoms with van der Waals surface area (Å²) >= 11 is 5.87. The van der Waals surface area contributed by atoms with Gasteiger partial charge in [-0.2, -0.15) is 0 Å². The molecule has 7 nitrogen and oxygen atoms in total. The smallest absolute Gasteiger partial charge is 0.257 e. The van der Waals surface area contributed by atoms with Crippen molar-refractivity contribution in [2.45, 2.75) is 12.8 Å². The minimum atomic E-state index is -0.616. The summed E-state index contributed by atoms with van der Waals surface area (Å²) in [7, 11) is 1.56. The summed E-state index contributed by atoms with van der Waals surface area (Å²) in [4.78, 5) is 40.3. The van der Waals surface area contributed by atoms with Crippen molar-refractivity contribution in [3.05, 3.63) is 64.4 Å². The first-order valence-corrected chi connectivity index (χ1v) is 10.7. The van der Waals surface area contributed by atoms with Crippen LogP contribution in [0.25, 0.3) is 0 Å². The Morgan fingerprint density at radius 3 is 2.34 bits per heavy atom. The van der Waals surface area contributed by atoms with Crippen molar-refractivity contribution >= 4 is 29.3 Å². The average molecular weight is 462 g/mol. The number of methoxy groups -OCH3 is 1. The standard InChI is InChI=1S/C23H25ClFN3O4/c1-32-18-7-4-16(5-8-18)22(30)26-10-2-3-21(29)27-11-13-28(14-12-27)23(31)19-15-17(24)6-9-20(19)25/h4-9,15H,2-3,10-14H2,1H3,(H,26,30). The lowest BCUT2D eigenvalue weighted by Gasteiger charge is -2.35. The van der Waals surface area contributed by atoms with Gasteiger partial charge in [0, 0.05) is 49.7 Å². The van der Waals surface area contributed by atoms with E-state index in [1.807, 2.05) is 0 Å². The van der Waals surface area contributed by atoms with Crippen LogP contribution in [-0.2, 0) is 4.79 Å². The van der Waals surface area contributed by atoms with Crippen molar-refractivity contribution in [1.82, 2.24) is 15.1 Å². The second kappa shape index (κ2) is 10.9. The molecule has 3 amide bonds. The summed E-state index contributed by atoms with van der Waals surface area (Å²) < 4.78 is 19.0. The van der Waals surface area contributed by atoms with E-state index < -0.39 is 11.7 Å². The fraction of sp³-hybridized carbons (Fsp3) is 0.348. The van der Waals surface area contributed by atoms with Crippen LogP contribution in [0.2, 0.25) is 5.02 Å². The van der Waals surface area contributed by atoms with Crippen molar-refractivity contribution < 1.29 is 23.5 Å². The Morgan fingerprint density at radius 2 is 1.69 bits per heavy atom. The number of ether oxygens (including phenoxy) is 1. The van der Waals surface area contributed by atoms with Crippen molar-refractivity contribution in [3.8, 4) is 5.75 Å². The summed E-state index contributed by atoms with van der Waals surface area (Å²) in [6.45, 7) is 1.79. The Balaban J connectivity index is 1.39. The fourth-order valence-electron chi connectivity index (χ4n) is 3.43. The number of carbonyl (C=O) groups is 3. The molecule has 0 spiro atoms. The first kappa shape index (κ1) is 23.5. The van der Waals surface area contributed by atoms with Crippen molar-refractivity contribution in [2.24, 2.45) is 0 Å². The Bertz CT molecular complexity index is 976. The first-order chi connectivity index (χ1) is 15.4. The van der Waals surface area contributed by atoms with Crippen LogP contribution in [0.4, 0.5) is 4.39 Å². The molecule has 0 atom stereocenters. The van der Waals surface area contributed by atoms with E-state index in [4.69, 9.17) is 16.3 Å². The lowest BCUT2D eigenvalue weighted by Crippen LogP contribution is -2.50. The highest BCUT2D eigenvalue weighted by Gasteiger charge is 2.26. The Morgan fingerprint density at radius 1 is 1.03 bits per heavy atom. The van der Waals surface area contributed by atoms with E-state index in [0.29, 0.717) is 61.9 Å². The lowest BCUT2D eigenvalue weighted by atomic mass is 10.1. The van der Waals surface area contributed by atoms with Gasteiger partial charge in [0.15, 0.2) is 0 Å². The molecule has 0 aliphatic carbocycles. The molecule has 3 rings (SSSR count). The van der Waals surface area contributed by atoms with Gasteiger partial charge in [-0.1, -0.05) is 11.6 Å². The van der Waals surface area contributed by atoms with E-state index in [1.54, 1.807) is 36.3 Å². The van der Waals surface area contributed by atoms with Gasteiger partial charge in [-0.3, -0.25) is 14.4 Å². The predicted molar refractivity (Wildman–Crippen MR) is 118 cm³/mol. The average Bonchev–Trinajstić information content (AvgIpc) is 2.82. The van der Waals surface area contributed by atoms with Gasteiger partial charge >= 0.3 is 0 Å². The van der Waals surface area contributed by atoms with Gasteiger partial charge in [0.1, 0.15) is 11.6 Å². The molecule has 0 saturated carbocycles. The van der Waals surface area contributed by atoms with E-state index in [9.17, 15) is 18.8 Å². The number of amides is 3. The SMILES string of the molecule is COc1ccc(C(=O)NCCCC(=O)N2CCN(C(=O)c3cc(Cl)ccc3F)CC2)cc1. The van der Waals surface area contributed by atoms with Gasteiger partial charge in [0.05, 0.1) is 12.7 Å². The second-order valence-electron chi connectivity index (χ2n) is 7.39. The van der Waals surface area contributed by atoms with E-state index in [0.717, 1.165) is 0 Å². The first-order valence-electron chi connectivity index (χ1n) is 10.3. The molecule has 32 heavy (non-hydrogen) atoms. The molecule has 0 bridgehead atoms. The molecule has 1 N–H and O–H groups in total. The number of benzene rings is 2. The van der Waals surface area contributed by atoms with Crippen LogP contribution in [0.5, 0.6) is 5.75 Å². The summed E-state index contributed by atoms with van der Waals surface area (Å²) in [6, 6.07) is 10.7. The Hall–Kier alpha value is -3.13. The Kier molecular flexibility index (Phi) is 8.05. The molecule has 1 aliphatic rings. The largest absolute Gasteiger partial charge is 0.497 e. The number of carbonyl (C=O) groups excluding carboxylic acids is 3. The molecule has 2 aromatic rings. The highest BCUT2D eigenvalue weighted by molar-refractivity contribution is 6.31. The Labute approximate surface area is 191 Å². The highest BCUT2D eigenvalue weighted by Crippen LogP contribution is 2.18. The predicted octanol–water partition coefficient (Wildman–Crippen LogP) is 2.98. The number of halogens is 2. The van der Waals surface area contributed by atoms with E-state index in [1.165, 1.54) is 23.1 Å². The van der Waals surface area contributed by atoms with Crippen LogP contribution < -0.4 is 10.1 Å². The van der Waals surface area contributed by atoms with Gasteiger partial charge in [-0.25, -0.2) is 4.39 Å². The summed E-state index contributed by atoms with van der Waals surface area (Å²) in [5.41, 5.74) is 0.457. The normalized spacial score (nSPS) is 13.6. The number of nitrogens with zero attached hydrogens (tertiary/aromatic N) is 2. The number of nitrogens with one attached hydrogen (secondary N) is 1. The zero-order valence-corrected chi connectivity index (χ0v) is 18.5.